The average Bonchev–Trinajstić information content (AvgIpc) is 2.86. The largest absolute Gasteiger partial charge is 0.487 e. The van der Waals surface area contributed by atoms with Gasteiger partial charge in [0.1, 0.15) is 24.0 Å². The number of hydrogen-bond acceptors (Lipinski definition) is 3. The van der Waals surface area contributed by atoms with E-state index in [9.17, 15) is 10.1 Å². The van der Waals surface area contributed by atoms with Gasteiger partial charge in [0.25, 0.3) is 5.91 Å². The summed E-state index contributed by atoms with van der Waals surface area (Å²) in [7, 11) is 0. The Balaban J connectivity index is 1.49. The topological polar surface area (TPSA) is 62.1 Å². The second-order valence-corrected chi connectivity index (χ2v) is 9.60. The van der Waals surface area contributed by atoms with Crippen molar-refractivity contribution in [2.75, 3.05) is 0 Å². The van der Waals surface area contributed by atoms with E-state index in [0.29, 0.717) is 13.2 Å². The summed E-state index contributed by atoms with van der Waals surface area (Å²) in [5.74, 6) is 0.312. The van der Waals surface area contributed by atoms with E-state index < -0.39 is 5.91 Å². The van der Waals surface area contributed by atoms with Gasteiger partial charge >= 0.3 is 0 Å². The molecule has 0 aliphatic rings. The first kappa shape index (κ1) is 24.0. The van der Waals surface area contributed by atoms with Crippen molar-refractivity contribution >= 4 is 61.3 Å². The van der Waals surface area contributed by atoms with Crippen LogP contribution < -0.4 is 10.1 Å². The molecule has 0 bridgehead atoms. The highest BCUT2D eigenvalue weighted by Crippen LogP contribution is 2.34. The monoisotopic (exact) mass is 622 g/mol. The van der Waals surface area contributed by atoms with Gasteiger partial charge in [-0.1, -0.05) is 72.8 Å². The standard InChI is InChI=1S/C28H20BrIN2O2/c29-25-14-20(13-23(16-31)28(33)32-17-19-7-2-1-3-8-19)15-26(30)27(25)34-18-22-11-6-10-21-9-4-5-12-24(21)22/h1-15H,17-18H2,(H,32,33)/b23-13-. The van der Waals surface area contributed by atoms with Crippen molar-refractivity contribution in [2.24, 2.45) is 0 Å². The minimum absolute atomic E-state index is 0.0445. The van der Waals surface area contributed by atoms with Crippen LogP contribution in [0.15, 0.2) is 95.0 Å². The summed E-state index contributed by atoms with van der Waals surface area (Å²) in [5.41, 5.74) is 2.85. The summed E-state index contributed by atoms with van der Waals surface area (Å²) in [6.07, 6.45) is 1.59. The van der Waals surface area contributed by atoms with Crippen molar-refractivity contribution < 1.29 is 9.53 Å². The SMILES string of the molecule is N#C/C(=C/c1cc(Br)c(OCc2cccc3ccccc23)c(I)c1)C(=O)NCc1ccccc1. The Hall–Kier alpha value is -3.15. The number of hydrogen-bond donors (Lipinski definition) is 1. The Labute approximate surface area is 220 Å². The molecule has 0 aliphatic heterocycles. The first-order valence-electron chi connectivity index (χ1n) is 10.6. The highest BCUT2D eigenvalue weighted by molar-refractivity contribution is 14.1. The number of nitrogens with one attached hydrogen (secondary N) is 1. The van der Waals surface area contributed by atoms with E-state index >= 15 is 0 Å². The molecule has 0 unspecified atom stereocenters. The molecule has 4 rings (SSSR count). The van der Waals surface area contributed by atoms with Crippen LogP contribution in [-0.4, -0.2) is 5.91 Å². The van der Waals surface area contributed by atoms with E-state index in [0.717, 1.165) is 35.9 Å². The van der Waals surface area contributed by atoms with Gasteiger partial charge in [0.2, 0.25) is 0 Å². The van der Waals surface area contributed by atoms with Crippen LogP contribution in [-0.2, 0) is 17.9 Å². The second-order valence-electron chi connectivity index (χ2n) is 7.58. The summed E-state index contributed by atoms with van der Waals surface area (Å²) in [4.78, 5) is 12.5. The zero-order valence-corrected chi connectivity index (χ0v) is 21.8. The van der Waals surface area contributed by atoms with Crippen LogP contribution in [0.1, 0.15) is 16.7 Å². The molecule has 34 heavy (non-hydrogen) atoms. The molecule has 0 atom stereocenters. The van der Waals surface area contributed by atoms with Gasteiger partial charge < -0.3 is 10.1 Å². The number of nitrogens with zero attached hydrogens (tertiary/aromatic N) is 1. The fourth-order valence-electron chi connectivity index (χ4n) is 3.56. The molecule has 0 spiro atoms. The molecule has 4 aromatic carbocycles. The molecule has 168 valence electrons. The Morgan fingerprint density at radius 2 is 1.76 bits per heavy atom. The molecule has 0 fully saturated rings. The lowest BCUT2D eigenvalue weighted by Crippen LogP contribution is -2.23. The lowest BCUT2D eigenvalue weighted by atomic mass is 10.1. The van der Waals surface area contributed by atoms with Crippen LogP contribution in [0.3, 0.4) is 0 Å². The molecule has 0 radical (unpaired) electrons. The van der Waals surface area contributed by atoms with Crippen LogP contribution in [0.2, 0.25) is 0 Å². The summed E-state index contributed by atoms with van der Waals surface area (Å²) in [6.45, 7) is 0.789. The van der Waals surface area contributed by atoms with Crippen molar-refractivity contribution in [2.45, 2.75) is 13.2 Å². The number of halogens is 2. The maximum Gasteiger partial charge on any atom is 0.262 e. The van der Waals surface area contributed by atoms with E-state index in [2.05, 4.69) is 68.1 Å². The summed E-state index contributed by atoms with van der Waals surface area (Å²) < 4.78 is 7.80. The van der Waals surface area contributed by atoms with Crippen molar-refractivity contribution in [3.63, 3.8) is 0 Å². The van der Waals surface area contributed by atoms with Gasteiger partial charge in [0.15, 0.2) is 0 Å². The molecule has 0 saturated carbocycles. The van der Waals surface area contributed by atoms with Gasteiger partial charge in [-0.15, -0.1) is 0 Å². The van der Waals surface area contributed by atoms with Gasteiger partial charge in [-0.3, -0.25) is 4.79 Å². The molecule has 0 aromatic heterocycles. The van der Waals surface area contributed by atoms with E-state index in [1.54, 1.807) is 6.08 Å². The molecule has 4 aromatic rings. The minimum atomic E-state index is -0.409. The van der Waals surface area contributed by atoms with Gasteiger partial charge in [-0.2, -0.15) is 5.26 Å². The molecule has 1 amide bonds. The number of rotatable bonds is 7. The van der Waals surface area contributed by atoms with Crippen molar-refractivity contribution in [1.29, 1.82) is 5.26 Å². The lowest BCUT2D eigenvalue weighted by Gasteiger charge is -2.13. The molecule has 1 N–H and O–H groups in total. The van der Waals surface area contributed by atoms with Crippen LogP contribution in [0, 0.1) is 14.9 Å². The normalized spacial score (nSPS) is 11.1. The predicted octanol–water partition coefficient (Wildman–Crippen LogP) is 7.01. The highest BCUT2D eigenvalue weighted by atomic mass is 127. The number of carbonyl (C=O) groups is 1. The van der Waals surface area contributed by atoms with Crippen LogP contribution in [0.4, 0.5) is 0 Å². The predicted molar refractivity (Wildman–Crippen MR) is 147 cm³/mol. The highest BCUT2D eigenvalue weighted by Gasteiger charge is 2.13. The number of ether oxygens (including phenoxy) is 1. The molecule has 0 aliphatic carbocycles. The molecular formula is C28H20BrIN2O2. The Morgan fingerprint density at radius 1 is 1.03 bits per heavy atom. The number of amides is 1. The van der Waals surface area contributed by atoms with Gasteiger partial charge in [-0.25, -0.2) is 0 Å². The van der Waals surface area contributed by atoms with Crippen LogP contribution in [0.25, 0.3) is 16.8 Å². The fraction of sp³-hybridized carbons (Fsp3) is 0.0714. The zero-order valence-electron chi connectivity index (χ0n) is 18.1. The quantitative estimate of drug-likeness (QED) is 0.137. The third-order valence-corrected chi connectivity index (χ3v) is 6.63. The zero-order chi connectivity index (χ0) is 23.9. The summed E-state index contributed by atoms with van der Waals surface area (Å²) >= 11 is 5.79. The second kappa shape index (κ2) is 11.3. The number of nitriles is 1. The average molecular weight is 623 g/mol. The van der Waals surface area contributed by atoms with E-state index in [4.69, 9.17) is 4.74 Å². The van der Waals surface area contributed by atoms with Crippen LogP contribution in [0.5, 0.6) is 5.75 Å². The smallest absolute Gasteiger partial charge is 0.262 e. The molecule has 0 saturated heterocycles. The van der Waals surface area contributed by atoms with Crippen molar-refractivity contribution in [3.8, 4) is 11.8 Å². The Kier molecular flexibility index (Phi) is 7.99. The molecular weight excluding hydrogens is 603 g/mol. The van der Waals surface area contributed by atoms with Crippen molar-refractivity contribution in [1.82, 2.24) is 5.32 Å². The van der Waals surface area contributed by atoms with Crippen LogP contribution >= 0.6 is 38.5 Å². The first-order valence-corrected chi connectivity index (χ1v) is 12.4. The third-order valence-electron chi connectivity index (χ3n) is 5.24. The fourth-order valence-corrected chi connectivity index (χ4v) is 5.33. The molecule has 4 nitrogen and oxygen atoms in total. The van der Waals surface area contributed by atoms with Gasteiger partial charge in [0.05, 0.1) is 8.04 Å². The molecule has 0 heterocycles. The van der Waals surface area contributed by atoms with E-state index in [1.165, 1.54) is 5.39 Å². The Bertz CT molecular complexity index is 1380. The first-order chi connectivity index (χ1) is 16.5. The van der Waals surface area contributed by atoms with E-state index in [-0.39, 0.29) is 5.57 Å². The summed E-state index contributed by atoms with van der Waals surface area (Å²) in [6, 6.07) is 29.7. The Morgan fingerprint density at radius 3 is 2.53 bits per heavy atom. The number of benzene rings is 4. The maximum absolute atomic E-state index is 12.5. The van der Waals surface area contributed by atoms with E-state index in [1.807, 2.05) is 66.7 Å². The third kappa shape index (κ3) is 5.85. The summed E-state index contributed by atoms with van der Waals surface area (Å²) in [5, 5.41) is 14.7. The minimum Gasteiger partial charge on any atom is -0.487 e. The number of fused-ring (bicyclic) bond motifs is 1. The lowest BCUT2D eigenvalue weighted by molar-refractivity contribution is -0.117. The number of carbonyl (C=O) groups excluding carboxylic acids is 1. The van der Waals surface area contributed by atoms with Gasteiger partial charge in [-0.05, 0) is 84.2 Å². The molecule has 6 heteroatoms. The van der Waals surface area contributed by atoms with Crippen molar-refractivity contribution in [3.05, 3.63) is 115 Å². The van der Waals surface area contributed by atoms with Gasteiger partial charge in [0, 0.05) is 6.54 Å². The maximum atomic E-state index is 12.5.